The van der Waals surface area contributed by atoms with Crippen LogP contribution in [0.15, 0.2) is 47.6 Å². The summed E-state index contributed by atoms with van der Waals surface area (Å²) in [6.45, 7) is -0.338. The van der Waals surface area contributed by atoms with Crippen molar-refractivity contribution in [1.82, 2.24) is 0 Å². The number of Topliss-reactive ketones (excluding diaryl/α,β-unsaturated/α-hetero) is 1. The topological polar surface area (TPSA) is 79.2 Å². The minimum Gasteiger partial charge on any atom is -0.481 e. The fraction of sp³-hybridized carbons (Fsp3) is 0.167. The Labute approximate surface area is 150 Å². The molecule has 1 atom stereocenters. The number of benzene rings is 2. The van der Waals surface area contributed by atoms with Crippen LogP contribution in [0, 0.1) is 11.7 Å². The second-order valence-corrected chi connectivity index (χ2v) is 5.95. The van der Waals surface area contributed by atoms with E-state index in [2.05, 4.69) is 5.10 Å². The van der Waals surface area contributed by atoms with Crippen LogP contribution in [-0.2, 0) is 4.79 Å². The fourth-order valence-corrected chi connectivity index (χ4v) is 2.72. The van der Waals surface area contributed by atoms with Gasteiger partial charge in [-0.2, -0.15) is 5.10 Å². The molecule has 0 bridgehead atoms. The smallest absolute Gasteiger partial charge is 0.341 e. The van der Waals surface area contributed by atoms with E-state index >= 15 is 0 Å². The van der Waals surface area contributed by atoms with Gasteiger partial charge in [0, 0.05) is 6.21 Å². The Kier molecular flexibility index (Phi) is 5.02. The number of ether oxygens (including phenoxy) is 1. The molecule has 3 rings (SSSR count). The van der Waals surface area contributed by atoms with E-state index in [1.165, 1.54) is 17.3 Å². The number of hydrogen-bond acceptors (Lipinski definition) is 5. The summed E-state index contributed by atoms with van der Waals surface area (Å²) in [5.41, 5.74) is 1.43. The maximum absolute atomic E-state index is 13.9. The maximum Gasteiger partial charge on any atom is 0.341 e. The summed E-state index contributed by atoms with van der Waals surface area (Å²) in [5, 5.41) is 14.4. The van der Waals surface area contributed by atoms with Crippen molar-refractivity contribution < 1.29 is 23.8 Å². The average molecular weight is 354 g/mol. The molecule has 0 aromatic heterocycles. The first-order chi connectivity index (χ1) is 12.5. The van der Waals surface area contributed by atoms with E-state index in [0.29, 0.717) is 5.69 Å². The summed E-state index contributed by atoms with van der Waals surface area (Å²) in [6.07, 6.45) is 1.47. The highest BCUT2D eigenvalue weighted by Gasteiger charge is 2.29. The van der Waals surface area contributed by atoms with Crippen LogP contribution in [0.5, 0.6) is 5.75 Å². The average Bonchev–Trinajstić information content (AvgIpc) is 3.10. The van der Waals surface area contributed by atoms with Crippen molar-refractivity contribution in [2.45, 2.75) is 0 Å². The Bertz CT molecular complexity index is 887. The Morgan fingerprint density at radius 1 is 1.31 bits per heavy atom. The van der Waals surface area contributed by atoms with E-state index < -0.39 is 24.3 Å². The van der Waals surface area contributed by atoms with Crippen LogP contribution in [0.25, 0.3) is 0 Å². The first kappa shape index (κ1) is 17.7. The molecule has 8 heteroatoms. The zero-order valence-electron chi connectivity index (χ0n) is 14.1. The largest absolute Gasteiger partial charge is 0.481 e. The molecule has 2 aromatic rings. The first-order valence-corrected chi connectivity index (χ1v) is 8.01. The van der Waals surface area contributed by atoms with Crippen LogP contribution < -0.4 is 15.2 Å². The van der Waals surface area contributed by atoms with Gasteiger partial charge in [-0.1, -0.05) is 29.7 Å². The van der Waals surface area contributed by atoms with Crippen molar-refractivity contribution in [2.24, 2.45) is 11.0 Å². The van der Waals surface area contributed by atoms with E-state index in [-0.39, 0.29) is 23.6 Å². The second kappa shape index (κ2) is 7.39. The number of anilines is 1. The number of hydrogen-bond donors (Lipinski definition) is 1. The molecular weight excluding hydrogens is 338 g/mol. The predicted octanol–water partition coefficient (Wildman–Crippen LogP) is 0.852. The molecule has 1 N–H and O–H groups in total. The van der Waals surface area contributed by atoms with Crippen molar-refractivity contribution in [2.75, 3.05) is 18.2 Å². The third-order valence-electron chi connectivity index (χ3n) is 3.97. The molecule has 26 heavy (non-hydrogen) atoms. The van der Waals surface area contributed by atoms with Gasteiger partial charge in [0.25, 0.3) is 0 Å². The van der Waals surface area contributed by atoms with Crippen LogP contribution in [-0.4, -0.2) is 44.1 Å². The van der Waals surface area contributed by atoms with Crippen LogP contribution >= 0.6 is 0 Å². The highest BCUT2D eigenvalue weighted by Crippen LogP contribution is 2.26. The Balaban J connectivity index is 1.80. The van der Waals surface area contributed by atoms with Crippen molar-refractivity contribution in [3.63, 3.8) is 0 Å². The lowest BCUT2D eigenvalue weighted by molar-refractivity contribution is -0.139. The minimum absolute atomic E-state index is 0.200. The highest BCUT2D eigenvalue weighted by atomic mass is 19.1. The Hall–Kier alpha value is -3.16. The molecule has 2 aromatic carbocycles. The molecule has 0 saturated carbocycles. The highest BCUT2D eigenvalue weighted by molar-refractivity contribution is 6.33. The van der Waals surface area contributed by atoms with Gasteiger partial charge in [0.1, 0.15) is 19.4 Å². The van der Waals surface area contributed by atoms with E-state index in [4.69, 9.17) is 9.84 Å². The molecule has 0 fully saturated rings. The van der Waals surface area contributed by atoms with Crippen molar-refractivity contribution >= 4 is 37.0 Å². The third-order valence-corrected chi connectivity index (χ3v) is 3.97. The van der Waals surface area contributed by atoms with Gasteiger partial charge >= 0.3 is 5.97 Å². The number of carbonyl (C=O) groups excluding carboxylic acids is 1. The number of rotatable bonds is 6. The molecule has 0 amide bonds. The van der Waals surface area contributed by atoms with Gasteiger partial charge < -0.3 is 9.84 Å². The lowest BCUT2D eigenvalue weighted by Gasteiger charge is -2.17. The van der Waals surface area contributed by atoms with Crippen LogP contribution in [0.4, 0.5) is 10.1 Å². The predicted molar refractivity (Wildman–Crippen MR) is 97.8 cm³/mol. The zero-order chi connectivity index (χ0) is 18.7. The Morgan fingerprint density at radius 2 is 2.08 bits per heavy atom. The molecule has 1 unspecified atom stereocenters. The number of hydrazone groups is 1. The number of carboxylic acid groups (broad SMARTS) is 1. The molecule has 132 valence electrons. The number of halogens is 1. The number of nitrogens with zero attached hydrogens (tertiary/aromatic N) is 2. The van der Waals surface area contributed by atoms with Gasteiger partial charge in [-0.3, -0.25) is 9.80 Å². The molecule has 6 nitrogen and oxygen atoms in total. The molecule has 1 aliphatic rings. The number of carboxylic acids is 1. The van der Waals surface area contributed by atoms with Gasteiger partial charge in [-0.25, -0.2) is 9.18 Å². The van der Waals surface area contributed by atoms with Gasteiger partial charge in [0.15, 0.2) is 12.4 Å². The molecule has 1 heterocycles. The quantitative estimate of drug-likeness (QED) is 0.615. The minimum atomic E-state index is -1.13. The fourth-order valence-electron chi connectivity index (χ4n) is 2.72. The summed E-state index contributed by atoms with van der Waals surface area (Å²) in [5.74, 6) is -2.17. The SMILES string of the molecule is Bc1ccc(OCC(=O)O)c(C(=O)C2C=NN(c3ccccc3F)C2)c1. The monoisotopic (exact) mass is 354 g/mol. The van der Waals surface area contributed by atoms with Gasteiger partial charge in [0.05, 0.1) is 23.7 Å². The summed E-state index contributed by atoms with van der Waals surface area (Å²) in [4.78, 5) is 23.6. The maximum atomic E-state index is 13.9. The lowest BCUT2D eigenvalue weighted by atomic mass is 9.90. The zero-order valence-corrected chi connectivity index (χ0v) is 14.1. The number of para-hydroxylation sites is 1. The van der Waals surface area contributed by atoms with Gasteiger partial charge in [0.2, 0.25) is 0 Å². The van der Waals surface area contributed by atoms with Crippen molar-refractivity contribution in [1.29, 1.82) is 0 Å². The van der Waals surface area contributed by atoms with Gasteiger partial charge in [-0.15, -0.1) is 0 Å². The summed E-state index contributed by atoms with van der Waals surface area (Å²) in [6, 6.07) is 11.2. The molecule has 0 aliphatic carbocycles. The summed E-state index contributed by atoms with van der Waals surface area (Å²) < 4.78 is 19.1. The molecule has 1 aliphatic heterocycles. The summed E-state index contributed by atoms with van der Waals surface area (Å²) in [7, 11) is 1.83. The van der Waals surface area contributed by atoms with Crippen LogP contribution in [0.3, 0.4) is 0 Å². The van der Waals surface area contributed by atoms with E-state index in [9.17, 15) is 14.0 Å². The molecule has 0 spiro atoms. The summed E-state index contributed by atoms with van der Waals surface area (Å²) >= 11 is 0. The first-order valence-electron chi connectivity index (χ1n) is 8.01. The standard InChI is InChI=1S/C18H16BFN2O4/c19-12-5-6-16(26-10-17(23)24)13(7-12)18(25)11-8-21-22(9-11)15-4-2-1-3-14(15)20/h1-8,11H,9-10,19H2,(H,23,24). The number of aliphatic carboxylic acids is 1. The van der Waals surface area contributed by atoms with Crippen LogP contribution in [0.2, 0.25) is 0 Å². The second-order valence-electron chi connectivity index (χ2n) is 5.95. The van der Waals surface area contributed by atoms with Gasteiger partial charge in [-0.05, 0) is 18.2 Å². The van der Waals surface area contributed by atoms with E-state index in [1.807, 2.05) is 7.85 Å². The molecule has 0 radical (unpaired) electrons. The van der Waals surface area contributed by atoms with E-state index in [0.717, 1.165) is 5.46 Å². The van der Waals surface area contributed by atoms with E-state index in [1.54, 1.807) is 36.4 Å². The lowest BCUT2D eigenvalue weighted by Crippen LogP contribution is -2.26. The number of carbonyl (C=O) groups is 2. The third kappa shape index (κ3) is 3.74. The van der Waals surface area contributed by atoms with Crippen molar-refractivity contribution in [3.05, 3.63) is 53.8 Å². The van der Waals surface area contributed by atoms with Crippen LogP contribution in [0.1, 0.15) is 10.4 Å². The number of ketones is 1. The Morgan fingerprint density at radius 3 is 2.81 bits per heavy atom. The normalized spacial score (nSPS) is 15.9. The molecular formula is C18H16BFN2O4. The molecule has 0 saturated heterocycles. The van der Waals surface area contributed by atoms with Crippen molar-refractivity contribution in [3.8, 4) is 5.75 Å².